The van der Waals surface area contributed by atoms with Gasteiger partial charge in [0, 0.05) is 34.5 Å². The molecule has 4 aromatic heterocycles. The van der Waals surface area contributed by atoms with Crippen LogP contribution in [-0.4, -0.2) is 19.1 Å². The number of fused-ring (bicyclic) bond motifs is 6. The number of para-hydroxylation sites is 2. The van der Waals surface area contributed by atoms with Crippen LogP contribution in [0.15, 0.2) is 134 Å². The van der Waals surface area contributed by atoms with Crippen LogP contribution in [0.1, 0.15) is 0 Å². The number of rotatable bonds is 3. The Morgan fingerprint density at radius 2 is 0.842 bits per heavy atom. The second-order valence-electron chi connectivity index (χ2n) is 9.55. The van der Waals surface area contributed by atoms with Crippen molar-refractivity contribution >= 4 is 43.9 Å². The van der Waals surface area contributed by atoms with E-state index in [9.17, 15) is 0 Å². The van der Waals surface area contributed by atoms with E-state index < -0.39 is 0 Å². The van der Waals surface area contributed by atoms with E-state index in [1.165, 1.54) is 0 Å². The van der Waals surface area contributed by atoms with Crippen molar-refractivity contribution in [2.75, 3.05) is 0 Å². The molecule has 4 nitrogen and oxygen atoms in total. The molecule has 0 atom stereocenters. The molecule has 4 heteroatoms. The lowest BCUT2D eigenvalue weighted by Crippen LogP contribution is -1.93. The predicted octanol–water partition coefficient (Wildman–Crippen LogP) is 8.34. The van der Waals surface area contributed by atoms with E-state index in [0.717, 1.165) is 66.4 Å². The fourth-order valence-corrected chi connectivity index (χ4v) is 5.74. The van der Waals surface area contributed by atoms with Crippen LogP contribution in [0.3, 0.4) is 0 Å². The largest absolute Gasteiger partial charge is 0.308 e. The van der Waals surface area contributed by atoms with Crippen LogP contribution in [0.25, 0.3) is 66.4 Å². The molecule has 0 aliphatic heterocycles. The van der Waals surface area contributed by atoms with E-state index in [2.05, 4.69) is 106 Å². The van der Waals surface area contributed by atoms with Gasteiger partial charge in [0.15, 0.2) is 0 Å². The summed E-state index contributed by atoms with van der Waals surface area (Å²) in [4.78, 5) is 9.57. The number of aromatic nitrogens is 4. The molecule has 0 amide bonds. The zero-order chi connectivity index (χ0) is 25.1. The van der Waals surface area contributed by atoms with Crippen molar-refractivity contribution in [2.24, 2.45) is 0 Å². The molecule has 0 saturated carbocycles. The molecule has 0 fully saturated rings. The van der Waals surface area contributed by atoms with Crippen molar-refractivity contribution in [3.05, 3.63) is 134 Å². The molecule has 0 saturated heterocycles. The third-order valence-electron chi connectivity index (χ3n) is 7.40. The number of pyridine rings is 2. The molecule has 8 aromatic rings. The molecule has 0 N–H and O–H groups in total. The molecule has 4 heterocycles. The van der Waals surface area contributed by atoms with E-state index in [-0.39, 0.29) is 0 Å². The lowest BCUT2D eigenvalue weighted by atomic mass is 10.0. The Labute approximate surface area is 219 Å². The standard InChI is InChI=1S/C34H22N4/c1-3-9-25(10-4-1)37-29-17-15-23(21-27(29)33-31(37)13-7-19-35-33)24-16-18-30-28(22-24)34-32(14-8-20-36-34)38(30)26-11-5-2-6-12-26/h1-22H. The molecule has 0 radical (unpaired) electrons. The molecule has 8 rings (SSSR count). The monoisotopic (exact) mass is 486 g/mol. The summed E-state index contributed by atoms with van der Waals surface area (Å²) < 4.78 is 4.59. The first kappa shape index (κ1) is 20.9. The van der Waals surface area contributed by atoms with E-state index in [1.807, 2.05) is 36.7 Å². The van der Waals surface area contributed by atoms with Gasteiger partial charge in [0.1, 0.15) is 0 Å². The summed E-state index contributed by atoms with van der Waals surface area (Å²) in [5, 5.41) is 2.29. The maximum Gasteiger partial charge on any atom is 0.0963 e. The van der Waals surface area contributed by atoms with E-state index in [0.29, 0.717) is 0 Å². The van der Waals surface area contributed by atoms with Crippen LogP contribution in [0, 0.1) is 0 Å². The smallest absolute Gasteiger partial charge is 0.0963 e. The summed E-state index contributed by atoms with van der Waals surface area (Å²) in [5.41, 5.74) is 11.1. The summed E-state index contributed by atoms with van der Waals surface area (Å²) in [6, 6.07) is 42.7. The van der Waals surface area contributed by atoms with Crippen LogP contribution in [0.4, 0.5) is 0 Å². The number of nitrogens with zero attached hydrogens (tertiary/aromatic N) is 4. The Hall–Kier alpha value is -5.22. The number of hydrogen-bond acceptors (Lipinski definition) is 2. The van der Waals surface area contributed by atoms with Gasteiger partial charge in [0.05, 0.1) is 33.1 Å². The minimum absolute atomic E-state index is 1.01. The Kier molecular flexibility index (Phi) is 4.49. The van der Waals surface area contributed by atoms with Gasteiger partial charge < -0.3 is 9.13 Å². The molecular formula is C34H22N4. The van der Waals surface area contributed by atoms with Gasteiger partial charge in [-0.2, -0.15) is 0 Å². The summed E-state index contributed by atoms with van der Waals surface area (Å²) in [6.07, 6.45) is 3.75. The molecule has 0 aliphatic rings. The molecular weight excluding hydrogens is 464 g/mol. The van der Waals surface area contributed by atoms with Crippen LogP contribution in [-0.2, 0) is 0 Å². The van der Waals surface area contributed by atoms with Crippen molar-refractivity contribution in [1.82, 2.24) is 19.1 Å². The summed E-state index contributed by atoms with van der Waals surface area (Å²) in [5.74, 6) is 0. The van der Waals surface area contributed by atoms with Crippen LogP contribution in [0.5, 0.6) is 0 Å². The second kappa shape index (κ2) is 8.15. The highest BCUT2D eigenvalue weighted by Crippen LogP contribution is 2.37. The van der Waals surface area contributed by atoms with Gasteiger partial charge in [-0.3, -0.25) is 9.97 Å². The Bertz CT molecular complexity index is 1960. The quantitative estimate of drug-likeness (QED) is 0.252. The summed E-state index contributed by atoms with van der Waals surface area (Å²) >= 11 is 0. The molecule has 178 valence electrons. The van der Waals surface area contributed by atoms with Crippen LogP contribution >= 0.6 is 0 Å². The first-order valence-electron chi connectivity index (χ1n) is 12.8. The fourth-order valence-electron chi connectivity index (χ4n) is 5.74. The van der Waals surface area contributed by atoms with Crippen molar-refractivity contribution in [3.8, 4) is 22.5 Å². The normalized spacial score (nSPS) is 11.7. The van der Waals surface area contributed by atoms with Crippen molar-refractivity contribution in [3.63, 3.8) is 0 Å². The van der Waals surface area contributed by atoms with Crippen LogP contribution in [0.2, 0.25) is 0 Å². The second-order valence-corrected chi connectivity index (χ2v) is 9.55. The third kappa shape index (κ3) is 3.04. The topological polar surface area (TPSA) is 35.6 Å². The highest BCUT2D eigenvalue weighted by molar-refractivity contribution is 6.10. The van der Waals surface area contributed by atoms with Gasteiger partial charge in [-0.05, 0) is 83.9 Å². The molecule has 0 bridgehead atoms. The fraction of sp³-hybridized carbons (Fsp3) is 0. The minimum atomic E-state index is 1.01. The van der Waals surface area contributed by atoms with E-state index in [1.54, 1.807) is 0 Å². The first-order chi connectivity index (χ1) is 18.9. The molecule has 0 unspecified atom stereocenters. The summed E-state index contributed by atoms with van der Waals surface area (Å²) in [7, 11) is 0. The average Bonchev–Trinajstić information content (AvgIpc) is 3.50. The lowest BCUT2D eigenvalue weighted by Gasteiger charge is -2.09. The van der Waals surface area contributed by atoms with E-state index >= 15 is 0 Å². The summed E-state index contributed by atoms with van der Waals surface area (Å²) in [6.45, 7) is 0. The maximum atomic E-state index is 4.78. The zero-order valence-corrected chi connectivity index (χ0v) is 20.5. The Morgan fingerprint density at radius 1 is 0.395 bits per heavy atom. The molecule has 38 heavy (non-hydrogen) atoms. The van der Waals surface area contributed by atoms with Gasteiger partial charge in [-0.1, -0.05) is 48.5 Å². The molecule has 0 aliphatic carbocycles. The van der Waals surface area contributed by atoms with Gasteiger partial charge in [-0.25, -0.2) is 0 Å². The SMILES string of the molecule is c1ccc(-n2c3ccc(-c4ccc5c(c4)c4ncccc4n5-c4ccccc4)cc3c3ncccc32)cc1. The van der Waals surface area contributed by atoms with Crippen LogP contribution < -0.4 is 0 Å². The third-order valence-corrected chi connectivity index (χ3v) is 7.40. The van der Waals surface area contributed by atoms with Gasteiger partial charge in [0.2, 0.25) is 0 Å². The number of benzene rings is 4. The molecule has 0 spiro atoms. The lowest BCUT2D eigenvalue weighted by molar-refractivity contribution is 1.17. The first-order valence-corrected chi connectivity index (χ1v) is 12.8. The van der Waals surface area contributed by atoms with Crippen molar-refractivity contribution in [1.29, 1.82) is 0 Å². The van der Waals surface area contributed by atoms with Gasteiger partial charge >= 0.3 is 0 Å². The highest BCUT2D eigenvalue weighted by Gasteiger charge is 2.16. The van der Waals surface area contributed by atoms with Gasteiger partial charge in [-0.15, -0.1) is 0 Å². The molecule has 4 aromatic carbocycles. The Morgan fingerprint density at radius 3 is 1.29 bits per heavy atom. The van der Waals surface area contributed by atoms with Gasteiger partial charge in [0.25, 0.3) is 0 Å². The van der Waals surface area contributed by atoms with E-state index in [4.69, 9.17) is 9.97 Å². The highest BCUT2D eigenvalue weighted by atomic mass is 15.0. The minimum Gasteiger partial charge on any atom is -0.308 e. The average molecular weight is 487 g/mol. The van der Waals surface area contributed by atoms with Crippen molar-refractivity contribution < 1.29 is 0 Å². The Balaban J connectivity index is 1.36. The predicted molar refractivity (Wildman–Crippen MR) is 156 cm³/mol. The van der Waals surface area contributed by atoms with Crippen molar-refractivity contribution in [2.45, 2.75) is 0 Å². The zero-order valence-electron chi connectivity index (χ0n) is 20.5. The maximum absolute atomic E-state index is 4.78. The number of hydrogen-bond donors (Lipinski definition) is 0.